The van der Waals surface area contributed by atoms with Crippen LogP contribution in [-0.2, 0) is 4.79 Å². The predicted octanol–water partition coefficient (Wildman–Crippen LogP) is 5.94. The Kier molecular flexibility index (Phi) is 7.76. The van der Waals surface area contributed by atoms with E-state index in [1.807, 2.05) is 79.7 Å². The summed E-state index contributed by atoms with van der Waals surface area (Å²) in [5.41, 5.74) is 3.72. The van der Waals surface area contributed by atoms with Gasteiger partial charge in [-0.05, 0) is 61.0 Å². The molecule has 0 spiro atoms. The molecule has 4 aromatic carbocycles. The van der Waals surface area contributed by atoms with Crippen molar-refractivity contribution in [3.63, 3.8) is 0 Å². The lowest BCUT2D eigenvalue weighted by Crippen LogP contribution is -2.28. The molecule has 176 valence electrons. The highest BCUT2D eigenvalue weighted by Gasteiger charge is 2.16. The van der Waals surface area contributed by atoms with Crippen LogP contribution in [0.2, 0.25) is 0 Å². The fraction of sp³-hybridized carbons (Fsp3) is 0.103. The van der Waals surface area contributed by atoms with Crippen LogP contribution < -0.4 is 20.7 Å². The fourth-order valence-corrected chi connectivity index (χ4v) is 3.55. The topological polar surface area (TPSA) is 79.5 Å². The number of rotatable bonds is 9. The Hall–Kier alpha value is -4.58. The molecule has 0 heterocycles. The molecule has 0 aromatic heterocycles. The molecule has 0 saturated heterocycles. The summed E-state index contributed by atoms with van der Waals surface area (Å²) in [5, 5.41) is 9.06. The van der Waals surface area contributed by atoms with Gasteiger partial charge in [0.1, 0.15) is 5.75 Å². The Morgan fingerprint density at radius 3 is 2.06 bits per heavy atom. The van der Waals surface area contributed by atoms with Crippen LogP contribution in [0.3, 0.4) is 0 Å². The van der Waals surface area contributed by atoms with Crippen molar-refractivity contribution in [1.82, 2.24) is 5.32 Å². The molecule has 3 N–H and O–H groups in total. The van der Waals surface area contributed by atoms with Crippen molar-refractivity contribution in [3.8, 4) is 5.75 Å². The predicted molar refractivity (Wildman–Crippen MR) is 139 cm³/mol. The fourth-order valence-electron chi connectivity index (χ4n) is 3.55. The van der Waals surface area contributed by atoms with Crippen LogP contribution in [-0.4, -0.2) is 18.4 Å². The zero-order valence-electron chi connectivity index (χ0n) is 19.4. The summed E-state index contributed by atoms with van der Waals surface area (Å²) in [5.74, 6) is -0.0472. The lowest BCUT2D eigenvalue weighted by Gasteiger charge is -2.16. The lowest BCUT2D eigenvalue weighted by atomic mass is 10.1. The van der Waals surface area contributed by atoms with Crippen molar-refractivity contribution in [3.05, 3.63) is 120 Å². The maximum absolute atomic E-state index is 12.9. The van der Waals surface area contributed by atoms with E-state index in [1.165, 1.54) is 0 Å². The minimum absolute atomic E-state index is 0.171. The molecular formula is C29H27N3O3. The Morgan fingerprint density at radius 1 is 0.743 bits per heavy atom. The molecule has 0 saturated carbocycles. The third kappa shape index (κ3) is 6.71. The first kappa shape index (κ1) is 23.6. The SMILES string of the molecule is C[C@H](NC(=O)c1ccccc1NC(=O)COc1ccc(Nc2ccccc2)cc1)c1ccccc1. The number of para-hydroxylation sites is 2. The summed E-state index contributed by atoms with van der Waals surface area (Å²) in [4.78, 5) is 25.4. The van der Waals surface area contributed by atoms with Gasteiger partial charge in [-0.3, -0.25) is 9.59 Å². The number of nitrogens with one attached hydrogen (secondary N) is 3. The Labute approximate surface area is 205 Å². The van der Waals surface area contributed by atoms with Crippen molar-refractivity contribution in [2.45, 2.75) is 13.0 Å². The van der Waals surface area contributed by atoms with Gasteiger partial charge in [-0.25, -0.2) is 0 Å². The van der Waals surface area contributed by atoms with E-state index in [4.69, 9.17) is 4.74 Å². The van der Waals surface area contributed by atoms with Crippen LogP contribution in [0, 0.1) is 0 Å². The zero-order valence-corrected chi connectivity index (χ0v) is 19.4. The minimum atomic E-state index is -0.354. The molecule has 1 atom stereocenters. The van der Waals surface area contributed by atoms with E-state index in [-0.39, 0.29) is 24.5 Å². The van der Waals surface area contributed by atoms with Gasteiger partial charge in [0.2, 0.25) is 0 Å². The number of carbonyl (C=O) groups excluding carboxylic acids is 2. The number of benzene rings is 4. The van der Waals surface area contributed by atoms with Crippen LogP contribution in [0.5, 0.6) is 5.75 Å². The van der Waals surface area contributed by atoms with E-state index in [9.17, 15) is 9.59 Å². The maximum atomic E-state index is 12.9. The molecule has 0 fully saturated rings. The second kappa shape index (κ2) is 11.5. The van der Waals surface area contributed by atoms with E-state index >= 15 is 0 Å². The number of anilines is 3. The molecular weight excluding hydrogens is 438 g/mol. The first-order valence-corrected chi connectivity index (χ1v) is 11.4. The van der Waals surface area contributed by atoms with Gasteiger partial charge in [0.15, 0.2) is 6.61 Å². The lowest BCUT2D eigenvalue weighted by molar-refractivity contribution is -0.118. The number of hydrogen-bond donors (Lipinski definition) is 3. The second-order valence-corrected chi connectivity index (χ2v) is 8.00. The summed E-state index contributed by atoms with van der Waals surface area (Å²) in [6.07, 6.45) is 0. The molecule has 4 aromatic rings. The second-order valence-electron chi connectivity index (χ2n) is 8.00. The average molecular weight is 466 g/mol. The quantitative estimate of drug-likeness (QED) is 0.286. The molecule has 6 heteroatoms. The highest BCUT2D eigenvalue weighted by Crippen LogP contribution is 2.21. The first-order valence-electron chi connectivity index (χ1n) is 11.4. The van der Waals surface area contributed by atoms with Crippen molar-refractivity contribution >= 4 is 28.9 Å². The first-order chi connectivity index (χ1) is 17.1. The van der Waals surface area contributed by atoms with Gasteiger partial charge in [0.25, 0.3) is 11.8 Å². The van der Waals surface area contributed by atoms with Gasteiger partial charge < -0.3 is 20.7 Å². The maximum Gasteiger partial charge on any atom is 0.262 e. The molecule has 0 aliphatic carbocycles. The molecule has 0 unspecified atom stereocenters. The van der Waals surface area contributed by atoms with Gasteiger partial charge in [-0.2, -0.15) is 0 Å². The number of ether oxygens (including phenoxy) is 1. The van der Waals surface area contributed by atoms with E-state index < -0.39 is 0 Å². The van der Waals surface area contributed by atoms with E-state index in [1.54, 1.807) is 36.4 Å². The summed E-state index contributed by atoms with van der Waals surface area (Å²) >= 11 is 0. The number of hydrogen-bond acceptors (Lipinski definition) is 4. The molecule has 0 aliphatic heterocycles. The van der Waals surface area contributed by atoms with Crippen molar-refractivity contribution < 1.29 is 14.3 Å². The zero-order chi connectivity index (χ0) is 24.5. The molecule has 0 radical (unpaired) electrons. The molecule has 0 aliphatic rings. The normalized spacial score (nSPS) is 11.2. The molecule has 2 amide bonds. The monoisotopic (exact) mass is 465 g/mol. The largest absolute Gasteiger partial charge is 0.484 e. The summed E-state index contributed by atoms with van der Waals surface area (Å²) in [6.45, 7) is 1.74. The van der Waals surface area contributed by atoms with E-state index in [0.717, 1.165) is 16.9 Å². The van der Waals surface area contributed by atoms with Crippen LogP contribution >= 0.6 is 0 Å². The summed E-state index contributed by atoms with van der Waals surface area (Å²) in [7, 11) is 0. The molecule has 4 rings (SSSR count). The smallest absolute Gasteiger partial charge is 0.262 e. The van der Waals surface area contributed by atoms with Crippen LogP contribution in [0.25, 0.3) is 0 Å². The van der Waals surface area contributed by atoms with Crippen LogP contribution in [0.15, 0.2) is 109 Å². The highest BCUT2D eigenvalue weighted by atomic mass is 16.5. The highest BCUT2D eigenvalue weighted by molar-refractivity contribution is 6.04. The van der Waals surface area contributed by atoms with Gasteiger partial charge in [-0.15, -0.1) is 0 Å². The number of amides is 2. The van der Waals surface area contributed by atoms with Gasteiger partial charge >= 0.3 is 0 Å². The number of carbonyl (C=O) groups is 2. The van der Waals surface area contributed by atoms with Gasteiger partial charge in [0, 0.05) is 11.4 Å². The molecule has 35 heavy (non-hydrogen) atoms. The Balaban J connectivity index is 1.32. The Morgan fingerprint density at radius 2 is 1.34 bits per heavy atom. The van der Waals surface area contributed by atoms with E-state index in [2.05, 4.69) is 16.0 Å². The van der Waals surface area contributed by atoms with Gasteiger partial charge in [-0.1, -0.05) is 60.7 Å². The standard InChI is InChI=1S/C29H27N3O3/c1-21(22-10-4-2-5-11-22)30-29(34)26-14-8-9-15-27(26)32-28(33)20-35-25-18-16-24(17-19-25)31-23-12-6-3-7-13-23/h2-19,21,31H,20H2,1H3,(H,30,34)(H,32,33)/t21-/m0/s1. The summed E-state index contributed by atoms with van der Waals surface area (Å²) in [6, 6.07) is 33.7. The molecule has 6 nitrogen and oxygen atoms in total. The van der Waals surface area contributed by atoms with Gasteiger partial charge in [0.05, 0.1) is 17.3 Å². The Bertz CT molecular complexity index is 1260. The third-order valence-corrected chi connectivity index (χ3v) is 5.38. The van der Waals surface area contributed by atoms with Crippen LogP contribution in [0.4, 0.5) is 17.1 Å². The van der Waals surface area contributed by atoms with Crippen molar-refractivity contribution in [1.29, 1.82) is 0 Å². The third-order valence-electron chi connectivity index (χ3n) is 5.38. The van der Waals surface area contributed by atoms with Crippen LogP contribution in [0.1, 0.15) is 28.9 Å². The van der Waals surface area contributed by atoms with Crippen molar-refractivity contribution in [2.75, 3.05) is 17.2 Å². The average Bonchev–Trinajstić information content (AvgIpc) is 2.89. The summed E-state index contributed by atoms with van der Waals surface area (Å²) < 4.78 is 5.63. The van der Waals surface area contributed by atoms with Crippen molar-refractivity contribution in [2.24, 2.45) is 0 Å². The molecule has 0 bridgehead atoms. The minimum Gasteiger partial charge on any atom is -0.484 e. The van der Waals surface area contributed by atoms with E-state index in [0.29, 0.717) is 17.0 Å².